The molecule has 0 saturated carbocycles. The van der Waals surface area contributed by atoms with Crippen LogP contribution >= 0.6 is 0 Å². The number of aromatic nitrogens is 2. The number of nitrogen functional groups attached to an aromatic ring is 1. The van der Waals surface area contributed by atoms with Gasteiger partial charge in [0.25, 0.3) is 11.5 Å². The molecule has 51 heavy (non-hydrogen) atoms. The third-order valence-corrected chi connectivity index (χ3v) is 7.44. The van der Waals surface area contributed by atoms with E-state index in [9.17, 15) is 19.2 Å². The summed E-state index contributed by atoms with van der Waals surface area (Å²) in [6, 6.07) is 20.7. The van der Waals surface area contributed by atoms with Crippen molar-refractivity contribution in [2.75, 3.05) is 11.1 Å². The minimum atomic E-state index is -0.807. The fourth-order valence-electron chi connectivity index (χ4n) is 4.70. The van der Waals surface area contributed by atoms with Crippen LogP contribution in [0.5, 0.6) is 0 Å². The highest BCUT2D eigenvalue weighted by atomic mass is 16.5. The van der Waals surface area contributed by atoms with E-state index in [1.807, 2.05) is 64.8 Å². The lowest BCUT2D eigenvalue weighted by Gasteiger charge is -2.17. The van der Waals surface area contributed by atoms with Gasteiger partial charge in [-0.15, -0.1) is 0 Å². The summed E-state index contributed by atoms with van der Waals surface area (Å²) in [4.78, 5) is 67.9. The van der Waals surface area contributed by atoms with Crippen molar-refractivity contribution in [2.24, 2.45) is 10.7 Å². The van der Waals surface area contributed by atoms with Gasteiger partial charge in [-0.3, -0.25) is 19.0 Å². The van der Waals surface area contributed by atoms with Crippen molar-refractivity contribution in [1.82, 2.24) is 20.2 Å². The van der Waals surface area contributed by atoms with Gasteiger partial charge >= 0.3 is 6.09 Å². The Hall–Kier alpha value is -6.31. The number of nitrogens with two attached hydrogens (primary N) is 2. The quantitative estimate of drug-likeness (QED) is 0.0769. The maximum atomic E-state index is 13.6. The van der Waals surface area contributed by atoms with Gasteiger partial charge in [-0.05, 0) is 56.5 Å². The molecule has 0 aliphatic heterocycles. The first kappa shape index (κ1) is 39.1. The number of rotatable bonds is 13. The van der Waals surface area contributed by atoms with E-state index in [4.69, 9.17) is 21.0 Å². The van der Waals surface area contributed by atoms with Crippen molar-refractivity contribution in [3.63, 3.8) is 0 Å². The highest BCUT2D eigenvalue weighted by molar-refractivity contribution is 6.02. The van der Waals surface area contributed by atoms with E-state index < -0.39 is 17.6 Å². The van der Waals surface area contributed by atoms with Gasteiger partial charge in [-0.1, -0.05) is 61.5 Å². The summed E-state index contributed by atoms with van der Waals surface area (Å²) in [5, 5.41) is 8.77. The van der Waals surface area contributed by atoms with Crippen LogP contribution in [-0.4, -0.2) is 52.2 Å². The van der Waals surface area contributed by atoms with E-state index in [0.29, 0.717) is 28.1 Å². The van der Waals surface area contributed by atoms with Gasteiger partial charge in [-0.2, -0.15) is 4.99 Å². The minimum absolute atomic E-state index is 0.00823. The van der Waals surface area contributed by atoms with Gasteiger partial charge < -0.3 is 36.9 Å². The zero-order valence-corrected chi connectivity index (χ0v) is 29.1. The summed E-state index contributed by atoms with van der Waals surface area (Å²) in [6.07, 6.45) is 1.42. The second-order valence-corrected chi connectivity index (χ2v) is 11.8. The Kier molecular flexibility index (Phi) is 14.6. The van der Waals surface area contributed by atoms with Crippen LogP contribution < -0.4 is 33.0 Å². The van der Waals surface area contributed by atoms with E-state index in [1.54, 1.807) is 42.5 Å². The maximum absolute atomic E-state index is 13.6. The number of carbonyl (C=O) groups is 4. The van der Waals surface area contributed by atoms with Gasteiger partial charge in [0.15, 0.2) is 5.82 Å². The standard InChI is InChI=1S/C36H42N8O5.CH2O/c1-5-23(4)42-34(46)28-15-27(16-29(37)17-28)30-19-40-33(41-22(2)3)35(47)44(30)20-31(45)39-18-24-11-13-26(14-12-24)32(38)43-36(48)49-21-25-9-7-6-8-10-25;1-2/h6-17,19,22-23H,5,18,20-21,37H2,1-4H3,(H,39,45)(H,40,41)(H,42,46)(H2,38,43,48);1H2/t23-;/m0./s1. The number of amidine groups is 1. The SMILES string of the molecule is C=O.CC[C@H](C)NC(=O)c1cc(N)cc(-c2cnc(NC(C)C)c(=O)n2CC(=O)NCc2ccc(/C(N)=N/C(=O)OCc3ccccc3)cc2)c1. The molecule has 3 amide bonds. The Balaban J connectivity index is 0.00000345. The largest absolute Gasteiger partial charge is 0.443 e. The van der Waals surface area contributed by atoms with Gasteiger partial charge in [0.05, 0.1) is 11.9 Å². The van der Waals surface area contributed by atoms with Crippen LogP contribution in [0.25, 0.3) is 11.3 Å². The Morgan fingerprint density at radius 1 is 0.961 bits per heavy atom. The molecule has 0 aliphatic rings. The number of amides is 3. The van der Waals surface area contributed by atoms with Gasteiger partial charge in [0.1, 0.15) is 25.8 Å². The lowest BCUT2D eigenvalue weighted by molar-refractivity contribution is -0.121. The monoisotopic (exact) mass is 696 g/mol. The number of ether oxygens (including phenoxy) is 1. The first-order chi connectivity index (χ1) is 24.4. The Morgan fingerprint density at radius 2 is 1.65 bits per heavy atom. The first-order valence-electron chi connectivity index (χ1n) is 16.2. The van der Waals surface area contributed by atoms with E-state index >= 15 is 0 Å². The molecule has 0 bridgehead atoms. The second kappa shape index (κ2) is 19.0. The molecule has 14 nitrogen and oxygen atoms in total. The van der Waals surface area contributed by atoms with Crippen LogP contribution in [0.15, 0.2) is 88.8 Å². The highest BCUT2D eigenvalue weighted by Crippen LogP contribution is 2.24. The highest BCUT2D eigenvalue weighted by Gasteiger charge is 2.18. The summed E-state index contributed by atoms with van der Waals surface area (Å²) < 4.78 is 6.46. The number of anilines is 2. The fraction of sp³-hybridized carbons (Fsp3) is 0.270. The van der Waals surface area contributed by atoms with E-state index in [2.05, 4.69) is 25.9 Å². The third kappa shape index (κ3) is 11.7. The summed E-state index contributed by atoms with van der Waals surface area (Å²) in [5.74, 6) is -0.660. The van der Waals surface area contributed by atoms with Crippen molar-refractivity contribution in [3.8, 4) is 11.3 Å². The lowest BCUT2D eigenvalue weighted by Crippen LogP contribution is -2.35. The zero-order chi connectivity index (χ0) is 37.5. The van der Waals surface area contributed by atoms with Gasteiger partial charge in [0.2, 0.25) is 5.91 Å². The molecule has 0 saturated heterocycles. The van der Waals surface area contributed by atoms with E-state index in [0.717, 1.165) is 17.5 Å². The van der Waals surface area contributed by atoms with Crippen molar-refractivity contribution < 1.29 is 23.9 Å². The van der Waals surface area contributed by atoms with Crippen molar-refractivity contribution in [3.05, 3.63) is 112 Å². The molecule has 0 fully saturated rings. The summed E-state index contributed by atoms with van der Waals surface area (Å²) in [5.41, 5.74) is 15.2. The minimum Gasteiger partial charge on any atom is -0.443 e. The van der Waals surface area contributed by atoms with Gasteiger partial charge in [0, 0.05) is 41.0 Å². The predicted molar refractivity (Wildman–Crippen MR) is 197 cm³/mol. The lowest BCUT2D eigenvalue weighted by atomic mass is 10.1. The number of carbonyl (C=O) groups excluding carboxylic acids is 4. The fourth-order valence-corrected chi connectivity index (χ4v) is 4.70. The summed E-state index contributed by atoms with van der Waals surface area (Å²) >= 11 is 0. The molecular weight excluding hydrogens is 652 g/mol. The van der Waals surface area contributed by atoms with Crippen LogP contribution in [0.2, 0.25) is 0 Å². The normalized spacial score (nSPS) is 11.5. The summed E-state index contributed by atoms with van der Waals surface area (Å²) in [7, 11) is 0. The second-order valence-electron chi connectivity index (χ2n) is 11.8. The number of hydrogen-bond donors (Lipinski definition) is 5. The van der Waals surface area contributed by atoms with Crippen LogP contribution in [0.4, 0.5) is 16.3 Å². The van der Waals surface area contributed by atoms with Crippen LogP contribution in [0.3, 0.4) is 0 Å². The topological polar surface area (TPSA) is 213 Å². The molecule has 7 N–H and O–H groups in total. The van der Waals surface area contributed by atoms with E-state index in [1.165, 1.54) is 10.8 Å². The van der Waals surface area contributed by atoms with Crippen LogP contribution in [0.1, 0.15) is 61.2 Å². The first-order valence-corrected chi connectivity index (χ1v) is 16.2. The molecule has 4 rings (SSSR count). The van der Waals surface area contributed by atoms with Crippen molar-refractivity contribution in [2.45, 2.75) is 65.9 Å². The maximum Gasteiger partial charge on any atom is 0.435 e. The molecule has 0 unspecified atom stereocenters. The molecule has 4 aromatic rings. The number of nitrogens with zero attached hydrogens (tertiary/aromatic N) is 3. The number of aliphatic imine (C=N–C) groups is 1. The molecule has 14 heteroatoms. The number of benzene rings is 3. The smallest absolute Gasteiger partial charge is 0.435 e. The molecule has 1 heterocycles. The van der Waals surface area contributed by atoms with Crippen LogP contribution in [0, 0.1) is 0 Å². The molecular formula is C37H44N8O6. The molecule has 0 radical (unpaired) electrons. The third-order valence-electron chi connectivity index (χ3n) is 7.44. The molecule has 0 aliphatic carbocycles. The molecule has 1 atom stereocenters. The predicted octanol–water partition coefficient (Wildman–Crippen LogP) is 4.01. The van der Waals surface area contributed by atoms with Crippen LogP contribution in [-0.2, 0) is 34.0 Å². The molecule has 3 aromatic carbocycles. The molecule has 0 spiro atoms. The average Bonchev–Trinajstić information content (AvgIpc) is 3.12. The van der Waals surface area contributed by atoms with Gasteiger partial charge in [-0.25, -0.2) is 9.78 Å². The Labute approximate surface area is 296 Å². The number of hydrogen-bond acceptors (Lipinski definition) is 9. The zero-order valence-electron chi connectivity index (χ0n) is 29.1. The van der Waals surface area contributed by atoms with Crippen molar-refractivity contribution in [1.29, 1.82) is 0 Å². The Bertz CT molecular complexity index is 1890. The molecule has 1 aromatic heterocycles. The Morgan fingerprint density at radius 3 is 2.29 bits per heavy atom. The molecule has 268 valence electrons. The average molecular weight is 697 g/mol. The van der Waals surface area contributed by atoms with Crippen molar-refractivity contribution >= 4 is 42.0 Å². The number of nitrogens with one attached hydrogen (secondary N) is 3. The van der Waals surface area contributed by atoms with E-state index in [-0.39, 0.29) is 49.3 Å². The summed E-state index contributed by atoms with van der Waals surface area (Å²) in [6.45, 7) is 9.51.